The molecule has 0 aromatic carbocycles. The van der Waals surface area contributed by atoms with Crippen LogP contribution < -0.4 is 0 Å². The van der Waals surface area contributed by atoms with Crippen LogP contribution in [0.2, 0.25) is 0 Å². The number of aliphatic carboxylic acids is 1. The Hall–Kier alpha value is -1.32. The summed E-state index contributed by atoms with van der Waals surface area (Å²) in [5.41, 5.74) is 0. The molecule has 296 valence electrons. The molecular formula is C46H88O4. The highest BCUT2D eigenvalue weighted by atomic mass is 16.5. The van der Waals surface area contributed by atoms with E-state index >= 15 is 0 Å². The molecule has 1 N–H and O–H groups in total. The van der Waals surface area contributed by atoms with Crippen molar-refractivity contribution >= 4 is 11.9 Å². The Morgan fingerprint density at radius 2 is 0.720 bits per heavy atom. The zero-order valence-electron chi connectivity index (χ0n) is 34.0. The molecular weight excluding hydrogens is 617 g/mol. The number of ether oxygens (including phenoxy) is 1. The number of carboxylic acids is 1. The number of carbonyl (C=O) groups is 2. The molecule has 0 rings (SSSR count). The quantitative estimate of drug-likeness (QED) is 0.0390. The summed E-state index contributed by atoms with van der Waals surface area (Å²) in [5, 5.41) is 8.79. The molecule has 0 saturated carbocycles. The van der Waals surface area contributed by atoms with Gasteiger partial charge in [0.25, 0.3) is 0 Å². The number of esters is 1. The molecule has 0 saturated heterocycles. The van der Waals surface area contributed by atoms with Gasteiger partial charge in [0.1, 0.15) is 6.10 Å². The average Bonchev–Trinajstić information content (AvgIpc) is 3.10. The SMILES string of the molecule is CCCCCCCC/C=C\CCCCCCCCCCCC(=O)OC(CCCCCCCCCCCCC)CCCCCCCCCC(=O)O. The van der Waals surface area contributed by atoms with Crippen molar-refractivity contribution in [3.05, 3.63) is 12.2 Å². The van der Waals surface area contributed by atoms with Gasteiger partial charge in [0.05, 0.1) is 0 Å². The standard InChI is InChI=1S/C46H88O4/c1-3-5-7-9-11-13-15-16-17-18-19-20-21-22-24-26-31-35-39-43-46(49)50-44(41-37-33-29-27-30-34-38-42-45(47)48)40-36-32-28-25-23-14-12-10-8-6-4-2/h16-17,44H,3-15,18-43H2,1-2H3,(H,47,48)/b17-16-. The molecule has 0 radical (unpaired) electrons. The number of carboxylic acid groups (broad SMARTS) is 1. The Morgan fingerprint density at radius 1 is 0.420 bits per heavy atom. The van der Waals surface area contributed by atoms with Crippen LogP contribution in [0.25, 0.3) is 0 Å². The predicted molar refractivity (Wildman–Crippen MR) is 218 cm³/mol. The largest absolute Gasteiger partial charge is 0.481 e. The molecule has 1 atom stereocenters. The van der Waals surface area contributed by atoms with Gasteiger partial charge in [-0.05, 0) is 64.2 Å². The van der Waals surface area contributed by atoms with E-state index in [1.54, 1.807) is 0 Å². The molecule has 0 fully saturated rings. The van der Waals surface area contributed by atoms with Crippen LogP contribution in [0.3, 0.4) is 0 Å². The van der Waals surface area contributed by atoms with Crippen molar-refractivity contribution in [2.75, 3.05) is 0 Å². The highest BCUT2D eigenvalue weighted by molar-refractivity contribution is 5.69. The molecule has 0 heterocycles. The highest BCUT2D eigenvalue weighted by Gasteiger charge is 2.14. The van der Waals surface area contributed by atoms with E-state index < -0.39 is 5.97 Å². The van der Waals surface area contributed by atoms with Gasteiger partial charge in [-0.2, -0.15) is 0 Å². The van der Waals surface area contributed by atoms with Gasteiger partial charge in [-0.25, -0.2) is 0 Å². The Labute approximate surface area is 313 Å². The Kier molecular flexibility index (Phi) is 41.0. The lowest BCUT2D eigenvalue weighted by molar-refractivity contribution is -0.150. The average molecular weight is 705 g/mol. The number of unbranched alkanes of at least 4 members (excludes halogenated alkanes) is 31. The monoisotopic (exact) mass is 705 g/mol. The molecule has 4 heteroatoms. The molecule has 0 aliphatic rings. The molecule has 0 bridgehead atoms. The maximum atomic E-state index is 12.8. The van der Waals surface area contributed by atoms with Crippen LogP contribution in [0.5, 0.6) is 0 Å². The van der Waals surface area contributed by atoms with E-state index in [1.807, 2.05) is 0 Å². The van der Waals surface area contributed by atoms with E-state index in [2.05, 4.69) is 26.0 Å². The summed E-state index contributed by atoms with van der Waals surface area (Å²) in [6, 6.07) is 0. The molecule has 0 aliphatic heterocycles. The number of carbonyl (C=O) groups excluding carboxylic acids is 1. The minimum Gasteiger partial charge on any atom is -0.481 e. The van der Waals surface area contributed by atoms with Crippen LogP contribution in [-0.2, 0) is 14.3 Å². The van der Waals surface area contributed by atoms with E-state index in [-0.39, 0.29) is 12.1 Å². The fourth-order valence-corrected chi connectivity index (χ4v) is 7.12. The molecule has 0 amide bonds. The first-order valence-electron chi connectivity index (χ1n) is 22.7. The summed E-state index contributed by atoms with van der Waals surface area (Å²) in [5.74, 6) is -0.658. The maximum absolute atomic E-state index is 12.8. The number of hydrogen-bond donors (Lipinski definition) is 1. The summed E-state index contributed by atoms with van der Waals surface area (Å²) in [4.78, 5) is 23.4. The van der Waals surface area contributed by atoms with E-state index in [4.69, 9.17) is 9.84 Å². The maximum Gasteiger partial charge on any atom is 0.306 e. The van der Waals surface area contributed by atoms with Crippen molar-refractivity contribution in [1.82, 2.24) is 0 Å². The van der Waals surface area contributed by atoms with Crippen molar-refractivity contribution in [2.24, 2.45) is 0 Å². The number of hydrogen-bond acceptors (Lipinski definition) is 3. The van der Waals surface area contributed by atoms with Gasteiger partial charge in [-0.1, -0.05) is 199 Å². The second kappa shape index (κ2) is 42.1. The lowest BCUT2D eigenvalue weighted by Crippen LogP contribution is -2.18. The smallest absolute Gasteiger partial charge is 0.306 e. The summed E-state index contributed by atoms with van der Waals surface area (Å²) in [6.45, 7) is 4.56. The number of allylic oxidation sites excluding steroid dienone is 2. The van der Waals surface area contributed by atoms with Gasteiger partial charge < -0.3 is 9.84 Å². The second-order valence-corrected chi connectivity index (χ2v) is 15.6. The lowest BCUT2D eigenvalue weighted by atomic mass is 10.0. The lowest BCUT2D eigenvalue weighted by Gasteiger charge is -2.18. The van der Waals surface area contributed by atoms with Crippen molar-refractivity contribution in [3.8, 4) is 0 Å². The van der Waals surface area contributed by atoms with E-state index in [0.29, 0.717) is 12.8 Å². The van der Waals surface area contributed by atoms with Crippen LogP contribution in [0.4, 0.5) is 0 Å². The number of rotatable bonds is 42. The third-order valence-electron chi connectivity index (χ3n) is 10.5. The first-order chi connectivity index (χ1) is 24.6. The van der Waals surface area contributed by atoms with Gasteiger partial charge in [-0.15, -0.1) is 0 Å². The van der Waals surface area contributed by atoms with Gasteiger partial charge in [0.15, 0.2) is 0 Å². The molecule has 50 heavy (non-hydrogen) atoms. The summed E-state index contributed by atoms with van der Waals surface area (Å²) in [6.07, 6.45) is 52.5. The minimum atomic E-state index is -0.683. The summed E-state index contributed by atoms with van der Waals surface area (Å²) >= 11 is 0. The second-order valence-electron chi connectivity index (χ2n) is 15.6. The summed E-state index contributed by atoms with van der Waals surface area (Å²) < 4.78 is 6.06. The third-order valence-corrected chi connectivity index (χ3v) is 10.5. The molecule has 0 aromatic rings. The minimum absolute atomic E-state index is 0.0255. The van der Waals surface area contributed by atoms with Crippen LogP contribution in [0.1, 0.15) is 264 Å². The molecule has 4 nitrogen and oxygen atoms in total. The van der Waals surface area contributed by atoms with E-state index in [1.165, 1.54) is 186 Å². The molecule has 0 spiro atoms. The Balaban J connectivity index is 3.97. The fourth-order valence-electron chi connectivity index (χ4n) is 7.12. The normalized spacial score (nSPS) is 12.2. The van der Waals surface area contributed by atoms with Gasteiger partial charge in [0, 0.05) is 12.8 Å². The molecule has 1 unspecified atom stereocenters. The molecule has 0 aromatic heterocycles. The zero-order valence-corrected chi connectivity index (χ0v) is 34.0. The van der Waals surface area contributed by atoms with Crippen LogP contribution in [-0.4, -0.2) is 23.1 Å². The van der Waals surface area contributed by atoms with E-state index in [9.17, 15) is 9.59 Å². The Morgan fingerprint density at radius 3 is 1.08 bits per heavy atom. The van der Waals surface area contributed by atoms with Gasteiger partial charge >= 0.3 is 11.9 Å². The Bertz CT molecular complexity index is 717. The van der Waals surface area contributed by atoms with Crippen LogP contribution in [0.15, 0.2) is 12.2 Å². The van der Waals surface area contributed by atoms with Crippen LogP contribution in [0, 0.1) is 0 Å². The first-order valence-corrected chi connectivity index (χ1v) is 22.7. The van der Waals surface area contributed by atoms with Crippen LogP contribution >= 0.6 is 0 Å². The van der Waals surface area contributed by atoms with Crippen molar-refractivity contribution in [1.29, 1.82) is 0 Å². The summed E-state index contributed by atoms with van der Waals surface area (Å²) in [7, 11) is 0. The fraction of sp³-hybridized carbons (Fsp3) is 0.913. The van der Waals surface area contributed by atoms with Crippen molar-refractivity contribution < 1.29 is 19.4 Å². The zero-order chi connectivity index (χ0) is 36.4. The van der Waals surface area contributed by atoms with Gasteiger partial charge in [0.2, 0.25) is 0 Å². The topological polar surface area (TPSA) is 63.6 Å². The van der Waals surface area contributed by atoms with Gasteiger partial charge in [-0.3, -0.25) is 9.59 Å². The highest BCUT2D eigenvalue weighted by Crippen LogP contribution is 2.19. The van der Waals surface area contributed by atoms with Crippen molar-refractivity contribution in [3.63, 3.8) is 0 Å². The molecule has 0 aliphatic carbocycles. The van der Waals surface area contributed by atoms with E-state index in [0.717, 1.165) is 51.4 Å². The van der Waals surface area contributed by atoms with Crippen molar-refractivity contribution in [2.45, 2.75) is 270 Å². The third kappa shape index (κ3) is 41.1. The predicted octanol–water partition coefficient (Wildman–Crippen LogP) is 15.8. The first kappa shape index (κ1) is 48.7.